The van der Waals surface area contributed by atoms with Gasteiger partial charge >= 0.3 is 6.18 Å². The maximum absolute atomic E-state index is 12.5. The molecule has 0 saturated heterocycles. The normalized spacial score (nSPS) is 13.0. The number of hydrogen-bond donors (Lipinski definition) is 1. The monoisotopic (exact) mass is 344 g/mol. The van der Waals surface area contributed by atoms with Crippen LogP contribution in [0.3, 0.4) is 0 Å². The average Bonchev–Trinajstić information content (AvgIpc) is 2.60. The predicted octanol–water partition coefficient (Wildman–Crippen LogP) is 4.49. The van der Waals surface area contributed by atoms with Gasteiger partial charge in [0.2, 0.25) is 0 Å². The van der Waals surface area contributed by atoms with Crippen molar-refractivity contribution < 1.29 is 18.0 Å². The van der Waals surface area contributed by atoms with Crippen molar-refractivity contribution in [2.24, 2.45) is 0 Å². The molecule has 1 atom stereocenters. The molecular weight excluding hydrogens is 329 g/mol. The van der Waals surface area contributed by atoms with Gasteiger partial charge in [0, 0.05) is 0 Å². The van der Waals surface area contributed by atoms with Gasteiger partial charge in [0.25, 0.3) is 5.91 Å². The van der Waals surface area contributed by atoms with Crippen LogP contribution in [0.4, 0.5) is 13.2 Å². The highest BCUT2D eigenvalue weighted by Crippen LogP contribution is 2.29. The summed E-state index contributed by atoms with van der Waals surface area (Å²) in [5.74, 6) is -0.584. The minimum absolute atomic E-state index is 0.178. The Bertz CT molecular complexity index is 803. The first-order chi connectivity index (χ1) is 11.8. The van der Waals surface area contributed by atoms with E-state index in [9.17, 15) is 18.0 Å². The molecule has 0 radical (unpaired) electrons. The lowest BCUT2D eigenvalue weighted by Crippen LogP contribution is -2.27. The molecule has 25 heavy (non-hydrogen) atoms. The van der Waals surface area contributed by atoms with Crippen LogP contribution in [0, 0.1) is 11.3 Å². The van der Waals surface area contributed by atoms with Gasteiger partial charge in [-0.25, -0.2) is 0 Å². The number of hydrogen-bond acceptors (Lipinski definition) is 2. The van der Waals surface area contributed by atoms with Gasteiger partial charge in [0.1, 0.15) is 11.6 Å². The minimum atomic E-state index is -4.43. The number of nitrogens with zero attached hydrogens (tertiary/aromatic N) is 1. The summed E-state index contributed by atoms with van der Waals surface area (Å²) in [5, 5.41) is 11.9. The van der Waals surface area contributed by atoms with Crippen LogP contribution in [0.5, 0.6) is 0 Å². The molecule has 6 heteroatoms. The van der Waals surface area contributed by atoms with Gasteiger partial charge < -0.3 is 5.32 Å². The molecule has 0 aromatic heterocycles. The second-order valence-electron chi connectivity index (χ2n) is 5.40. The van der Waals surface area contributed by atoms with Crippen LogP contribution in [0.15, 0.2) is 60.2 Å². The van der Waals surface area contributed by atoms with E-state index in [4.69, 9.17) is 5.26 Å². The van der Waals surface area contributed by atoms with Crippen LogP contribution in [0.1, 0.15) is 29.7 Å². The first kappa shape index (κ1) is 18.3. The Kier molecular flexibility index (Phi) is 5.60. The fraction of sp³-hybridized carbons (Fsp3) is 0.158. The lowest BCUT2D eigenvalue weighted by molar-refractivity contribution is -0.137. The summed E-state index contributed by atoms with van der Waals surface area (Å²) in [7, 11) is 0. The second-order valence-corrected chi connectivity index (χ2v) is 5.40. The van der Waals surface area contributed by atoms with Gasteiger partial charge in [-0.1, -0.05) is 42.5 Å². The van der Waals surface area contributed by atoms with Crippen LogP contribution < -0.4 is 5.32 Å². The Morgan fingerprint density at radius 2 is 1.72 bits per heavy atom. The Labute approximate surface area is 143 Å². The van der Waals surface area contributed by atoms with Gasteiger partial charge in [-0.2, -0.15) is 18.4 Å². The Morgan fingerprint density at radius 1 is 1.12 bits per heavy atom. The number of rotatable bonds is 4. The molecule has 2 rings (SSSR count). The fourth-order valence-corrected chi connectivity index (χ4v) is 2.18. The zero-order valence-electron chi connectivity index (χ0n) is 13.3. The fourth-order valence-electron chi connectivity index (χ4n) is 2.18. The van der Waals surface area contributed by atoms with Gasteiger partial charge in [0.05, 0.1) is 11.6 Å². The number of nitriles is 1. The molecule has 0 fully saturated rings. The molecular formula is C19H15F3N2O. The van der Waals surface area contributed by atoms with Crippen LogP contribution >= 0.6 is 0 Å². The number of carbonyl (C=O) groups excluding carboxylic acids is 1. The van der Waals surface area contributed by atoms with Gasteiger partial charge in [-0.05, 0) is 36.3 Å². The van der Waals surface area contributed by atoms with Crippen LogP contribution in [0.2, 0.25) is 0 Å². The number of carbonyl (C=O) groups is 1. The molecule has 0 saturated carbocycles. The van der Waals surface area contributed by atoms with Crippen LogP contribution in [0.25, 0.3) is 6.08 Å². The number of nitrogens with one attached hydrogen (secondary N) is 1. The molecule has 0 heterocycles. The van der Waals surface area contributed by atoms with E-state index in [0.717, 1.165) is 17.7 Å². The van der Waals surface area contributed by atoms with Gasteiger partial charge in [-0.3, -0.25) is 4.79 Å². The van der Waals surface area contributed by atoms with E-state index < -0.39 is 17.6 Å². The smallest absolute Gasteiger partial charge is 0.345 e. The van der Waals surface area contributed by atoms with Crippen molar-refractivity contribution in [3.8, 4) is 6.07 Å². The average molecular weight is 344 g/mol. The Hall–Kier alpha value is -3.07. The third-order valence-electron chi connectivity index (χ3n) is 3.56. The van der Waals surface area contributed by atoms with Crippen molar-refractivity contribution in [1.29, 1.82) is 5.26 Å². The largest absolute Gasteiger partial charge is 0.416 e. The summed E-state index contributed by atoms with van der Waals surface area (Å²) in [6.45, 7) is 1.78. The molecule has 1 amide bonds. The molecule has 0 aliphatic rings. The summed E-state index contributed by atoms with van der Waals surface area (Å²) in [5.41, 5.74) is 0.252. The number of alkyl halides is 3. The van der Waals surface area contributed by atoms with Crippen molar-refractivity contribution in [2.45, 2.75) is 19.1 Å². The van der Waals surface area contributed by atoms with Crippen molar-refractivity contribution in [3.63, 3.8) is 0 Å². The first-order valence-electron chi connectivity index (χ1n) is 7.46. The second kappa shape index (κ2) is 7.67. The molecule has 0 bridgehead atoms. The lowest BCUT2D eigenvalue weighted by Gasteiger charge is -2.13. The summed E-state index contributed by atoms with van der Waals surface area (Å²) in [6, 6.07) is 14.9. The molecule has 0 spiro atoms. The van der Waals surface area contributed by atoms with E-state index in [-0.39, 0.29) is 11.6 Å². The molecule has 2 aromatic carbocycles. The number of halogens is 3. The van der Waals surface area contributed by atoms with E-state index in [0.29, 0.717) is 5.56 Å². The van der Waals surface area contributed by atoms with Crippen molar-refractivity contribution in [1.82, 2.24) is 5.32 Å². The molecule has 0 aliphatic carbocycles. The zero-order valence-corrected chi connectivity index (χ0v) is 13.3. The number of benzene rings is 2. The first-order valence-corrected chi connectivity index (χ1v) is 7.46. The van der Waals surface area contributed by atoms with E-state index in [1.165, 1.54) is 18.2 Å². The quantitative estimate of drug-likeness (QED) is 0.656. The molecule has 128 valence electrons. The lowest BCUT2D eigenvalue weighted by atomic mass is 10.1. The van der Waals surface area contributed by atoms with E-state index in [2.05, 4.69) is 5.32 Å². The molecule has 2 aromatic rings. The van der Waals surface area contributed by atoms with Crippen LogP contribution in [-0.2, 0) is 11.0 Å². The van der Waals surface area contributed by atoms with Crippen molar-refractivity contribution in [3.05, 3.63) is 76.9 Å². The predicted molar refractivity (Wildman–Crippen MR) is 88.0 cm³/mol. The topological polar surface area (TPSA) is 52.9 Å². The van der Waals surface area contributed by atoms with Crippen molar-refractivity contribution >= 4 is 12.0 Å². The van der Waals surface area contributed by atoms with E-state index in [1.807, 2.05) is 30.3 Å². The summed E-state index contributed by atoms with van der Waals surface area (Å²) in [4.78, 5) is 12.2. The Balaban J connectivity index is 2.14. The Morgan fingerprint density at radius 3 is 2.24 bits per heavy atom. The minimum Gasteiger partial charge on any atom is -0.345 e. The molecule has 0 aliphatic heterocycles. The standard InChI is InChI=1S/C19H15F3N2O/c1-13(15-5-3-2-4-6-15)24-18(25)16(12-23)11-14-7-9-17(10-8-14)19(20,21)22/h2-11,13H,1H3,(H,24,25)/b16-11+/t13-/m0/s1. The van der Waals surface area contributed by atoms with Gasteiger partial charge in [-0.15, -0.1) is 0 Å². The van der Waals surface area contributed by atoms with E-state index in [1.54, 1.807) is 13.0 Å². The molecule has 3 nitrogen and oxygen atoms in total. The third kappa shape index (κ3) is 4.95. The zero-order chi connectivity index (χ0) is 18.4. The van der Waals surface area contributed by atoms with Gasteiger partial charge in [0.15, 0.2) is 0 Å². The highest BCUT2D eigenvalue weighted by atomic mass is 19.4. The molecule has 1 N–H and O–H groups in total. The molecule has 0 unspecified atom stereocenters. The van der Waals surface area contributed by atoms with Crippen molar-refractivity contribution in [2.75, 3.05) is 0 Å². The summed E-state index contributed by atoms with van der Waals surface area (Å²) >= 11 is 0. The highest BCUT2D eigenvalue weighted by molar-refractivity contribution is 6.01. The highest BCUT2D eigenvalue weighted by Gasteiger charge is 2.29. The SMILES string of the molecule is C[C@H](NC(=O)/C(C#N)=C/c1ccc(C(F)(F)F)cc1)c1ccccc1. The summed E-state index contributed by atoms with van der Waals surface area (Å²) in [6.07, 6.45) is -3.17. The van der Waals surface area contributed by atoms with Crippen LogP contribution in [-0.4, -0.2) is 5.91 Å². The maximum atomic E-state index is 12.5. The number of amides is 1. The third-order valence-corrected chi connectivity index (χ3v) is 3.56. The summed E-state index contributed by atoms with van der Waals surface area (Å²) < 4.78 is 37.6. The van der Waals surface area contributed by atoms with E-state index >= 15 is 0 Å². The maximum Gasteiger partial charge on any atom is 0.416 e.